The van der Waals surface area contributed by atoms with Crippen molar-refractivity contribution in [2.45, 2.75) is 58.3 Å². The fourth-order valence-corrected chi connectivity index (χ4v) is 10.6. The minimum absolute atomic E-state index is 0.208. The van der Waals surface area contributed by atoms with E-state index in [1.165, 1.54) is 105 Å². The van der Waals surface area contributed by atoms with Gasteiger partial charge in [-0.05, 0) is 148 Å². The van der Waals surface area contributed by atoms with E-state index in [1.54, 1.807) is 0 Å². The third-order valence-corrected chi connectivity index (χ3v) is 13.8. The molecule has 9 aromatic rings. The molecule has 2 aliphatic carbocycles. The third kappa shape index (κ3) is 5.38. The van der Waals surface area contributed by atoms with Crippen molar-refractivity contribution in [2.24, 2.45) is 0 Å². The first kappa shape index (κ1) is 36.4. The van der Waals surface area contributed by atoms with Crippen molar-refractivity contribution >= 4 is 38.6 Å². The van der Waals surface area contributed by atoms with Crippen molar-refractivity contribution < 1.29 is 0 Å². The summed E-state index contributed by atoms with van der Waals surface area (Å²) in [6.45, 7) is 14.2. The first-order valence-electron chi connectivity index (χ1n) is 21.5. The van der Waals surface area contributed by atoms with Gasteiger partial charge in [0, 0.05) is 27.9 Å². The molecule has 0 bridgehead atoms. The van der Waals surface area contributed by atoms with Crippen molar-refractivity contribution in [2.75, 3.05) is 4.90 Å². The lowest BCUT2D eigenvalue weighted by Crippen LogP contribution is -2.18. The summed E-state index contributed by atoms with van der Waals surface area (Å²) in [7, 11) is 0. The summed E-state index contributed by atoms with van der Waals surface area (Å²) in [4.78, 5) is 2.49. The summed E-state index contributed by atoms with van der Waals surface area (Å²) in [5.41, 5.74) is 20.4. The number of hydrogen-bond acceptors (Lipinski definition) is 1. The van der Waals surface area contributed by atoms with E-state index in [0.717, 1.165) is 5.69 Å². The Morgan fingerprint density at radius 3 is 1.15 bits per heavy atom. The molecule has 11 rings (SSSR count). The summed E-state index contributed by atoms with van der Waals surface area (Å²) < 4.78 is 0. The number of benzene rings is 9. The molecule has 0 fully saturated rings. The molecule has 2 aliphatic rings. The number of rotatable bonds is 6. The summed E-state index contributed by atoms with van der Waals surface area (Å²) in [6.07, 6.45) is 0. The number of fused-ring (bicyclic) bond motifs is 10. The molecule has 0 saturated heterocycles. The van der Waals surface area contributed by atoms with Crippen LogP contribution in [0.5, 0.6) is 0 Å². The van der Waals surface area contributed by atoms with Crippen LogP contribution in [0.2, 0.25) is 0 Å². The van der Waals surface area contributed by atoms with Crippen molar-refractivity contribution in [1.29, 1.82) is 0 Å². The van der Waals surface area contributed by atoms with Gasteiger partial charge in [-0.1, -0.05) is 175 Å². The van der Waals surface area contributed by atoms with E-state index in [2.05, 4.69) is 228 Å². The van der Waals surface area contributed by atoms with Crippen LogP contribution in [0.3, 0.4) is 0 Å². The van der Waals surface area contributed by atoms with Gasteiger partial charge in [0.2, 0.25) is 0 Å². The first-order chi connectivity index (χ1) is 29.1. The molecule has 0 saturated carbocycles. The molecule has 0 spiro atoms. The normalized spacial score (nSPS) is 14.2. The lowest BCUT2D eigenvalue weighted by atomic mass is 9.80. The molecular weight excluding hydrogens is 723 g/mol. The molecule has 290 valence electrons. The van der Waals surface area contributed by atoms with Crippen LogP contribution in [0.1, 0.15) is 75.3 Å². The standard InChI is InChI=1S/C59H49N/c1-37(2)38-25-27-41(28-26-38)60(42-29-31-48-52(33-42)58(3,4)54-35-50(39-17-9-7-10-18-39)44-21-13-15-23-46(44)56(48)54)43-30-32-49-53(34-43)59(5,6)55-36-51(40-19-11-8-12-20-40)45-22-14-16-24-47(45)57(49)55/h7-37H,1-6H3. The lowest BCUT2D eigenvalue weighted by Gasteiger charge is -2.30. The predicted octanol–water partition coefficient (Wildman–Crippen LogP) is 16.5. The molecule has 60 heavy (non-hydrogen) atoms. The molecule has 0 atom stereocenters. The largest absolute Gasteiger partial charge is 0.310 e. The van der Waals surface area contributed by atoms with Crippen LogP contribution in [-0.2, 0) is 10.8 Å². The Kier molecular flexibility index (Phi) is 8.13. The molecule has 0 aliphatic heterocycles. The Bertz CT molecular complexity index is 2960. The van der Waals surface area contributed by atoms with E-state index in [0.29, 0.717) is 5.92 Å². The quantitative estimate of drug-likeness (QED) is 0.163. The van der Waals surface area contributed by atoms with Gasteiger partial charge < -0.3 is 4.90 Å². The van der Waals surface area contributed by atoms with Gasteiger partial charge >= 0.3 is 0 Å². The first-order valence-corrected chi connectivity index (χ1v) is 21.5. The summed E-state index contributed by atoms with van der Waals surface area (Å²) >= 11 is 0. The maximum absolute atomic E-state index is 2.49. The Balaban J connectivity index is 1.09. The van der Waals surface area contributed by atoms with E-state index in [9.17, 15) is 0 Å². The highest BCUT2D eigenvalue weighted by Crippen LogP contribution is 2.57. The van der Waals surface area contributed by atoms with Crippen molar-refractivity contribution in [3.8, 4) is 44.5 Å². The van der Waals surface area contributed by atoms with Crippen molar-refractivity contribution in [3.63, 3.8) is 0 Å². The van der Waals surface area contributed by atoms with Gasteiger partial charge in [0.25, 0.3) is 0 Å². The molecule has 0 N–H and O–H groups in total. The molecule has 0 radical (unpaired) electrons. The highest BCUT2D eigenvalue weighted by atomic mass is 15.1. The molecule has 0 aromatic heterocycles. The fraction of sp³-hybridized carbons (Fsp3) is 0.153. The SMILES string of the molecule is CC(C)c1ccc(N(c2ccc3c(c2)C(C)(C)c2cc(-c4ccccc4)c4ccccc4c2-3)c2ccc3c(c2)C(C)(C)c2cc(-c4ccccc4)c4ccccc4c2-3)cc1. The second-order valence-electron chi connectivity index (χ2n) is 18.3. The molecule has 0 unspecified atom stereocenters. The van der Waals surface area contributed by atoms with Crippen LogP contribution >= 0.6 is 0 Å². The van der Waals surface area contributed by atoms with Crippen LogP contribution in [0, 0.1) is 0 Å². The number of anilines is 3. The second kappa shape index (κ2) is 13.4. The van der Waals surface area contributed by atoms with Crippen molar-refractivity contribution in [3.05, 3.63) is 210 Å². The molecule has 0 heterocycles. The molecule has 9 aromatic carbocycles. The van der Waals surface area contributed by atoms with Gasteiger partial charge in [-0.15, -0.1) is 0 Å². The Morgan fingerprint density at radius 2 is 0.733 bits per heavy atom. The van der Waals surface area contributed by atoms with Gasteiger partial charge in [0.1, 0.15) is 0 Å². The summed E-state index contributed by atoms with van der Waals surface area (Å²) in [5.74, 6) is 0.456. The Labute approximate surface area is 354 Å². The minimum Gasteiger partial charge on any atom is -0.310 e. The monoisotopic (exact) mass is 771 g/mol. The van der Waals surface area contributed by atoms with Crippen molar-refractivity contribution in [1.82, 2.24) is 0 Å². The number of hydrogen-bond donors (Lipinski definition) is 0. The molecule has 1 heteroatoms. The van der Waals surface area contributed by atoms with Crippen LogP contribution in [0.25, 0.3) is 66.1 Å². The topological polar surface area (TPSA) is 3.24 Å². The molecule has 0 amide bonds. The predicted molar refractivity (Wildman–Crippen MR) is 256 cm³/mol. The molecule has 1 nitrogen and oxygen atoms in total. The van der Waals surface area contributed by atoms with E-state index in [-0.39, 0.29) is 10.8 Å². The zero-order valence-corrected chi connectivity index (χ0v) is 35.3. The van der Waals surface area contributed by atoms with E-state index >= 15 is 0 Å². The van der Waals surface area contributed by atoms with Gasteiger partial charge in [-0.2, -0.15) is 0 Å². The van der Waals surface area contributed by atoms with Gasteiger partial charge in [0.05, 0.1) is 0 Å². The van der Waals surface area contributed by atoms with Crippen LogP contribution in [0.4, 0.5) is 17.1 Å². The maximum atomic E-state index is 2.49. The zero-order valence-electron chi connectivity index (χ0n) is 35.3. The summed E-state index contributed by atoms with van der Waals surface area (Å²) in [6, 6.07) is 68.4. The maximum Gasteiger partial charge on any atom is 0.0465 e. The Morgan fingerprint density at radius 1 is 0.350 bits per heavy atom. The van der Waals surface area contributed by atoms with Gasteiger partial charge in [-0.3, -0.25) is 0 Å². The average Bonchev–Trinajstić information content (AvgIpc) is 3.65. The van der Waals surface area contributed by atoms with Gasteiger partial charge in [-0.25, -0.2) is 0 Å². The van der Waals surface area contributed by atoms with Crippen LogP contribution < -0.4 is 4.90 Å². The highest BCUT2D eigenvalue weighted by molar-refractivity contribution is 6.10. The summed E-state index contributed by atoms with van der Waals surface area (Å²) in [5, 5.41) is 5.23. The van der Waals surface area contributed by atoms with E-state index < -0.39 is 0 Å². The van der Waals surface area contributed by atoms with Gasteiger partial charge in [0.15, 0.2) is 0 Å². The van der Waals surface area contributed by atoms with E-state index in [1.807, 2.05) is 0 Å². The van der Waals surface area contributed by atoms with E-state index in [4.69, 9.17) is 0 Å². The number of nitrogens with zero attached hydrogens (tertiary/aromatic N) is 1. The lowest BCUT2D eigenvalue weighted by molar-refractivity contribution is 0.660. The smallest absolute Gasteiger partial charge is 0.0465 e. The van der Waals surface area contributed by atoms with Crippen LogP contribution in [0.15, 0.2) is 182 Å². The Hall–Kier alpha value is -6.70. The van der Waals surface area contributed by atoms with Crippen LogP contribution in [-0.4, -0.2) is 0 Å². The third-order valence-electron chi connectivity index (χ3n) is 13.8. The highest BCUT2D eigenvalue weighted by Gasteiger charge is 2.40. The second-order valence-corrected chi connectivity index (χ2v) is 18.3. The minimum atomic E-state index is -0.208. The zero-order chi connectivity index (χ0) is 40.9. The molecular formula is C59H49N. The average molecular weight is 772 g/mol. The fourth-order valence-electron chi connectivity index (χ4n) is 10.6.